The molecule has 2 atom stereocenters. The third-order valence-corrected chi connectivity index (χ3v) is 5.53. The van der Waals surface area contributed by atoms with E-state index in [1.807, 2.05) is 27.7 Å². The van der Waals surface area contributed by atoms with Crippen molar-refractivity contribution in [2.45, 2.75) is 57.6 Å². The molecule has 120 valence electrons. The molecule has 1 heterocycles. The average molecular weight is 338 g/mol. The lowest BCUT2D eigenvalue weighted by atomic mass is 10.00. The Bertz CT molecular complexity index is 523. The maximum absolute atomic E-state index is 13.2. The fraction of sp³-hybridized carbons (Fsp3) is 0.667. The first-order valence-electron chi connectivity index (χ1n) is 6.85. The van der Waals surface area contributed by atoms with Gasteiger partial charge in [-0.3, -0.25) is 9.19 Å². The molecular formula is C15H22ClF2NOS. The Labute approximate surface area is 132 Å². The molecule has 0 bridgehead atoms. The summed E-state index contributed by atoms with van der Waals surface area (Å²) in [5.74, 6) is -2.42. The van der Waals surface area contributed by atoms with Gasteiger partial charge in [0.2, 0.25) is 0 Å². The molecule has 1 aromatic heterocycles. The molecule has 0 radical (unpaired) electrons. The molecule has 0 aliphatic rings. The molecule has 0 saturated heterocycles. The van der Waals surface area contributed by atoms with E-state index in [0.29, 0.717) is 12.2 Å². The Balaban J connectivity index is 2.79. The average Bonchev–Trinajstić information content (AvgIpc) is 2.32. The van der Waals surface area contributed by atoms with Crippen LogP contribution in [0.5, 0.6) is 0 Å². The van der Waals surface area contributed by atoms with E-state index in [4.69, 9.17) is 11.6 Å². The van der Waals surface area contributed by atoms with Crippen LogP contribution in [0.1, 0.15) is 58.2 Å². The van der Waals surface area contributed by atoms with Gasteiger partial charge in [-0.2, -0.15) is 8.78 Å². The van der Waals surface area contributed by atoms with Gasteiger partial charge in [0.1, 0.15) is 5.69 Å². The van der Waals surface area contributed by atoms with Crippen molar-refractivity contribution in [2.75, 3.05) is 5.75 Å². The topological polar surface area (TPSA) is 30.0 Å². The molecule has 2 nitrogen and oxygen atoms in total. The Hall–Kier alpha value is -0.550. The molecular weight excluding hydrogens is 316 g/mol. The maximum Gasteiger partial charge on any atom is 0.288 e. The largest absolute Gasteiger partial charge is 0.288 e. The zero-order chi connectivity index (χ0) is 16.4. The number of rotatable bonds is 5. The van der Waals surface area contributed by atoms with Crippen molar-refractivity contribution in [2.24, 2.45) is 0 Å². The third-order valence-electron chi connectivity index (χ3n) is 3.27. The summed E-state index contributed by atoms with van der Waals surface area (Å²) in [7, 11) is -0.929. The highest BCUT2D eigenvalue weighted by molar-refractivity contribution is 7.86. The van der Waals surface area contributed by atoms with E-state index in [1.54, 1.807) is 0 Å². The molecule has 1 aromatic rings. The van der Waals surface area contributed by atoms with Crippen LogP contribution in [0.4, 0.5) is 8.78 Å². The predicted octanol–water partition coefficient (Wildman–Crippen LogP) is 4.89. The third kappa shape index (κ3) is 5.29. The second-order valence-electron chi connectivity index (χ2n) is 6.34. The van der Waals surface area contributed by atoms with E-state index in [9.17, 15) is 13.0 Å². The van der Waals surface area contributed by atoms with Crippen LogP contribution < -0.4 is 0 Å². The van der Waals surface area contributed by atoms with E-state index in [2.05, 4.69) is 4.98 Å². The van der Waals surface area contributed by atoms with Gasteiger partial charge in [-0.1, -0.05) is 18.5 Å². The van der Waals surface area contributed by atoms with Gasteiger partial charge in [0.15, 0.2) is 0 Å². The first kappa shape index (κ1) is 18.5. The normalized spacial score (nSPS) is 15.8. The van der Waals surface area contributed by atoms with Gasteiger partial charge < -0.3 is 0 Å². The van der Waals surface area contributed by atoms with Crippen LogP contribution in [0, 0.1) is 0 Å². The first-order chi connectivity index (χ1) is 9.43. The summed E-state index contributed by atoms with van der Waals surface area (Å²) in [6.07, 6.45) is 2.13. The lowest BCUT2D eigenvalue weighted by molar-refractivity contribution is 0.0128. The van der Waals surface area contributed by atoms with Crippen LogP contribution in [0.15, 0.2) is 12.3 Å². The number of hydrogen-bond acceptors (Lipinski definition) is 2. The highest BCUT2D eigenvalue weighted by Gasteiger charge is 2.29. The number of alkyl halides is 2. The van der Waals surface area contributed by atoms with Crippen LogP contribution >= 0.6 is 11.6 Å². The van der Waals surface area contributed by atoms with Crippen molar-refractivity contribution in [3.8, 4) is 0 Å². The number of nitrogens with zero attached hydrogens (tertiary/aromatic N) is 1. The fourth-order valence-electron chi connectivity index (χ4n) is 1.80. The molecule has 0 aliphatic heterocycles. The number of aromatic nitrogens is 1. The van der Waals surface area contributed by atoms with E-state index in [-0.39, 0.29) is 15.7 Å². The molecule has 0 spiro atoms. The van der Waals surface area contributed by atoms with Gasteiger partial charge in [-0.15, -0.1) is 0 Å². The van der Waals surface area contributed by atoms with Gasteiger partial charge in [-0.25, -0.2) is 0 Å². The highest BCUT2D eigenvalue weighted by atomic mass is 35.5. The molecule has 0 aromatic carbocycles. The predicted molar refractivity (Wildman–Crippen MR) is 84.6 cm³/mol. The molecule has 21 heavy (non-hydrogen) atoms. The van der Waals surface area contributed by atoms with E-state index in [0.717, 1.165) is 12.5 Å². The van der Waals surface area contributed by atoms with Gasteiger partial charge in [0.05, 0.1) is 5.02 Å². The Morgan fingerprint density at radius 3 is 2.33 bits per heavy atom. The molecule has 0 amide bonds. The van der Waals surface area contributed by atoms with Crippen molar-refractivity contribution in [1.29, 1.82) is 0 Å². The number of hydrogen-bond donors (Lipinski definition) is 0. The van der Waals surface area contributed by atoms with Gasteiger partial charge in [-0.05, 0) is 44.7 Å². The molecule has 0 unspecified atom stereocenters. The fourth-order valence-corrected chi connectivity index (χ4v) is 3.32. The van der Waals surface area contributed by atoms with Crippen molar-refractivity contribution in [3.63, 3.8) is 0 Å². The van der Waals surface area contributed by atoms with Crippen LogP contribution in [0.2, 0.25) is 5.02 Å². The summed E-state index contributed by atoms with van der Waals surface area (Å²) >= 11 is 5.89. The van der Waals surface area contributed by atoms with Crippen molar-refractivity contribution in [1.82, 2.24) is 4.98 Å². The van der Waals surface area contributed by atoms with E-state index >= 15 is 0 Å². The molecule has 6 heteroatoms. The van der Waals surface area contributed by atoms with Crippen molar-refractivity contribution in [3.05, 3.63) is 28.5 Å². The van der Waals surface area contributed by atoms with Crippen LogP contribution in [0.25, 0.3) is 0 Å². The second kappa shape index (κ2) is 6.69. The van der Waals surface area contributed by atoms with E-state index < -0.39 is 22.4 Å². The van der Waals surface area contributed by atoms with Crippen molar-refractivity contribution >= 4 is 22.4 Å². The van der Waals surface area contributed by atoms with Crippen LogP contribution in [0.3, 0.4) is 0 Å². The van der Waals surface area contributed by atoms with Gasteiger partial charge >= 0.3 is 0 Å². The molecule has 0 saturated carbocycles. The monoisotopic (exact) mass is 337 g/mol. The Morgan fingerprint density at radius 2 is 1.90 bits per heavy atom. The smallest absolute Gasteiger partial charge is 0.259 e. The van der Waals surface area contributed by atoms with E-state index in [1.165, 1.54) is 12.3 Å². The lowest BCUT2D eigenvalue weighted by Crippen LogP contribution is -2.24. The highest BCUT2D eigenvalue weighted by Crippen LogP contribution is 2.33. The summed E-state index contributed by atoms with van der Waals surface area (Å²) in [6, 6.07) is 1.53. The summed E-state index contributed by atoms with van der Waals surface area (Å²) in [4.78, 5) is 3.79. The maximum atomic E-state index is 13.2. The SMILES string of the molecule is C[C@H](CC[S@](=O)C(C)(C)C)c1cnc(C(C)(F)F)c(Cl)c1. The van der Waals surface area contributed by atoms with Gasteiger partial charge in [0.25, 0.3) is 5.92 Å². The summed E-state index contributed by atoms with van der Waals surface area (Å²) in [5.41, 5.74) is 0.386. The van der Waals surface area contributed by atoms with Crippen molar-refractivity contribution < 1.29 is 13.0 Å². The minimum Gasteiger partial charge on any atom is -0.259 e. The Kier molecular flexibility index (Phi) is 5.90. The van der Waals surface area contributed by atoms with Gasteiger partial charge in [0, 0.05) is 34.4 Å². The minimum atomic E-state index is -3.05. The molecule has 1 rings (SSSR count). The summed E-state index contributed by atoms with van der Waals surface area (Å²) in [5, 5.41) is -0.0243. The quantitative estimate of drug-likeness (QED) is 0.765. The first-order valence-corrected chi connectivity index (χ1v) is 8.55. The second-order valence-corrected chi connectivity index (χ2v) is 9.07. The summed E-state index contributed by atoms with van der Waals surface area (Å²) < 4.78 is 38.3. The molecule has 0 fully saturated rings. The summed E-state index contributed by atoms with van der Waals surface area (Å²) in [6.45, 7) is 8.53. The van der Waals surface area contributed by atoms with Crippen LogP contribution in [-0.2, 0) is 16.7 Å². The standard InChI is InChI=1S/C15H22ClF2NOS/c1-10(6-7-21(20)14(2,3)4)11-8-12(16)13(19-9-11)15(5,17)18/h8-10H,6-7H2,1-5H3/t10-,21+/m1/s1. The lowest BCUT2D eigenvalue weighted by Gasteiger charge is -2.20. The van der Waals surface area contributed by atoms with Crippen LogP contribution in [-0.4, -0.2) is 19.7 Å². The molecule has 0 N–H and O–H groups in total. The molecule has 0 aliphatic carbocycles. The zero-order valence-electron chi connectivity index (χ0n) is 13.0. The zero-order valence-corrected chi connectivity index (χ0v) is 14.6. The minimum absolute atomic E-state index is 0.0243. The Morgan fingerprint density at radius 1 is 1.33 bits per heavy atom. The number of pyridine rings is 1. The number of halogens is 3.